The predicted octanol–water partition coefficient (Wildman–Crippen LogP) is 11.6. The highest BCUT2D eigenvalue weighted by molar-refractivity contribution is 7.03. The molecule has 0 radical (unpaired) electrons. The van der Waals surface area contributed by atoms with Gasteiger partial charge in [-0.2, -0.15) is 0 Å². The molecule has 0 N–H and O–H groups in total. The van der Waals surface area contributed by atoms with Crippen molar-refractivity contribution in [2.75, 3.05) is 9.80 Å². The number of aromatic nitrogens is 1. The Labute approximate surface area is 299 Å². The zero-order valence-electron chi connectivity index (χ0n) is 28.6. The number of nitrogens with zero attached hydrogens (tertiary/aromatic N) is 3. The Hall–Kier alpha value is -6.23. The fraction of sp³-hybridized carbons (Fsp3) is 0.0426. The molecule has 3 heterocycles. The van der Waals surface area contributed by atoms with Gasteiger partial charge in [0.2, 0.25) is 0 Å². The number of pyridine rings is 1. The van der Waals surface area contributed by atoms with Crippen LogP contribution in [0.5, 0.6) is 0 Å². The third-order valence-electron chi connectivity index (χ3n) is 10.7. The molecular formula is C47H35N3Si. The molecule has 2 aliphatic heterocycles. The van der Waals surface area contributed by atoms with Gasteiger partial charge in [-0.15, -0.1) is 0 Å². The van der Waals surface area contributed by atoms with E-state index in [-0.39, 0.29) is 0 Å². The van der Waals surface area contributed by atoms with E-state index in [0.717, 1.165) is 34.0 Å². The van der Waals surface area contributed by atoms with E-state index in [1.165, 1.54) is 54.9 Å². The molecule has 0 unspecified atom stereocenters. The molecule has 8 aromatic rings. The van der Waals surface area contributed by atoms with Gasteiger partial charge in [0.25, 0.3) is 0 Å². The van der Waals surface area contributed by atoms with Crippen LogP contribution in [-0.4, -0.2) is 13.1 Å². The van der Waals surface area contributed by atoms with E-state index in [4.69, 9.17) is 4.98 Å². The number of hydrogen-bond acceptors (Lipinski definition) is 3. The van der Waals surface area contributed by atoms with Crippen molar-refractivity contribution in [3.8, 4) is 33.5 Å². The first-order chi connectivity index (χ1) is 25.1. The number of fused-ring (bicyclic) bond motifs is 5. The molecule has 0 spiro atoms. The van der Waals surface area contributed by atoms with E-state index >= 15 is 0 Å². The van der Waals surface area contributed by atoms with Crippen molar-refractivity contribution in [3.63, 3.8) is 0 Å². The highest BCUT2D eigenvalue weighted by Gasteiger charge is 2.44. The third-order valence-corrected chi connectivity index (χ3v) is 14.2. The van der Waals surface area contributed by atoms with Crippen LogP contribution in [0.3, 0.4) is 0 Å². The normalized spacial score (nSPS) is 13.8. The summed E-state index contributed by atoms with van der Waals surface area (Å²) in [5, 5.41) is 5.34. The Balaban J connectivity index is 1.34. The summed E-state index contributed by atoms with van der Waals surface area (Å²) >= 11 is 0. The van der Waals surface area contributed by atoms with Crippen LogP contribution in [0.4, 0.5) is 34.3 Å². The molecule has 0 bridgehead atoms. The van der Waals surface area contributed by atoms with Gasteiger partial charge in [-0.25, -0.2) is 4.98 Å². The maximum Gasteiger partial charge on any atom is 0.138 e. The van der Waals surface area contributed by atoms with Gasteiger partial charge >= 0.3 is 0 Å². The fourth-order valence-corrected chi connectivity index (χ4v) is 11.7. The van der Waals surface area contributed by atoms with Crippen molar-refractivity contribution in [3.05, 3.63) is 176 Å². The minimum atomic E-state index is -2.33. The average molecular weight is 670 g/mol. The lowest BCUT2D eigenvalue weighted by Crippen LogP contribution is -2.59. The van der Waals surface area contributed by atoms with Gasteiger partial charge in [-0.1, -0.05) is 147 Å². The van der Waals surface area contributed by atoms with Gasteiger partial charge in [0, 0.05) is 33.6 Å². The first-order valence-corrected chi connectivity index (χ1v) is 20.7. The molecule has 1 aromatic heterocycles. The molecule has 242 valence electrons. The summed E-state index contributed by atoms with van der Waals surface area (Å²) in [6.45, 7) is 5.05. The van der Waals surface area contributed by atoms with Gasteiger partial charge in [0.15, 0.2) is 0 Å². The van der Waals surface area contributed by atoms with Crippen molar-refractivity contribution in [1.82, 2.24) is 4.98 Å². The van der Waals surface area contributed by atoms with Crippen LogP contribution in [0.2, 0.25) is 13.1 Å². The second-order valence-electron chi connectivity index (χ2n) is 14.0. The summed E-state index contributed by atoms with van der Waals surface area (Å²) in [7, 11) is -2.33. The molecular weight excluding hydrogens is 635 g/mol. The Kier molecular flexibility index (Phi) is 6.64. The van der Waals surface area contributed by atoms with Crippen LogP contribution in [0.25, 0.3) is 44.3 Å². The first-order valence-electron chi connectivity index (χ1n) is 17.7. The van der Waals surface area contributed by atoms with Gasteiger partial charge < -0.3 is 4.90 Å². The molecule has 2 aliphatic rings. The summed E-state index contributed by atoms with van der Waals surface area (Å²) in [5.41, 5.74) is 13.0. The molecule has 0 saturated carbocycles. The quantitative estimate of drug-likeness (QED) is 0.174. The summed E-state index contributed by atoms with van der Waals surface area (Å²) < 4.78 is 0. The fourth-order valence-electron chi connectivity index (χ4n) is 8.42. The lowest BCUT2D eigenvalue weighted by atomic mass is 9.90. The first kappa shape index (κ1) is 29.7. The summed E-state index contributed by atoms with van der Waals surface area (Å²) in [6.07, 6.45) is 0. The summed E-state index contributed by atoms with van der Waals surface area (Å²) in [4.78, 5) is 10.5. The van der Waals surface area contributed by atoms with Crippen molar-refractivity contribution in [2.45, 2.75) is 13.1 Å². The number of benzene rings is 7. The zero-order chi connectivity index (χ0) is 34.1. The second-order valence-corrected chi connectivity index (χ2v) is 18.3. The molecule has 7 aromatic carbocycles. The number of anilines is 6. The van der Waals surface area contributed by atoms with E-state index in [2.05, 4.69) is 199 Å². The molecule has 4 heteroatoms. The highest BCUT2D eigenvalue weighted by atomic mass is 28.3. The molecule has 0 aliphatic carbocycles. The Morgan fingerprint density at radius 1 is 0.471 bits per heavy atom. The van der Waals surface area contributed by atoms with Crippen molar-refractivity contribution in [1.29, 1.82) is 0 Å². The predicted molar refractivity (Wildman–Crippen MR) is 218 cm³/mol. The van der Waals surface area contributed by atoms with E-state index in [0.29, 0.717) is 0 Å². The second kappa shape index (κ2) is 11.4. The smallest absolute Gasteiger partial charge is 0.138 e. The number of para-hydroxylation sites is 2. The van der Waals surface area contributed by atoms with Crippen molar-refractivity contribution < 1.29 is 0 Å². The lowest BCUT2D eigenvalue weighted by molar-refractivity contribution is 1.18. The molecule has 0 saturated heterocycles. The molecule has 0 fully saturated rings. The van der Waals surface area contributed by atoms with Crippen molar-refractivity contribution >= 4 is 63.5 Å². The lowest BCUT2D eigenvalue weighted by Gasteiger charge is -2.45. The Bertz CT molecular complexity index is 2550. The maximum atomic E-state index is 5.56. The van der Waals surface area contributed by atoms with Gasteiger partial charge in [-0.05, 0) is 74.9 Å². The van der Waals surface area contributed by atoms with E-state index in [1.54, 1.807) is 0 Å². The van der Waals surface area contributed by atoms with Crippen LogP contribution in [0.15, 0.2) is 176 Å². The van der Waals surface area contributed by atoms with Gasteiger partial charge in [0.1, 0.15) is 13.9 Å². The van der Waals surface area contributed by atoms with Gasteiger partial charge in [0.05, 0.1) is 17.1 Å². The van der Waals surface area contributed by atoms with E-state index in [1.807, 2.05) is 0 Å². The van der Waals surface area contributed by atoms with Crippen molar-refractivity contribution in [2.24, 2.45) is 0 Å². The van der Waals surface area contributed by atoms with Crippen LogP contribution in [0, 0.1) is 0 Å². The van der Waals surface area contributed by atoms with Crippen LogP contribution in [-0.2, 0) is 0 Å². The Morgan fingerprint density at radius 3 is 1.88 bits per heavy atom. The molecule has 10 rings (SSSR count). The van der Waals surface area contributed by atoms with Gasteiger partial charge in [-0.3, -0.25) is 4.90 Å². The van der Waals surface area contributed by atoms with E-state index < -0.39 is 8.07 Å². The maximum absolute atomic E-state index is 5.56. The highest BCUT2D eigenvalue weighted by Crippen LogP contribution is 2.53. The zero-order valence-corrected chi connectivity index (χ0v) is 29.6. The largest absolute Gasteiger partial charge is 0.311 e. The minimum absolute atomic E-state index is 0.918. The Morgan fingerprint density at radius 2 is 1.12 bits per heavy atom. The molecule has 0 atom stereocenters. The number of hydrogen-bond donors (Lipinski definition) is 0. The summed E-state index contributed by atoms with van der Waals surface area (Å²) in [5.74, 6) is 0.918. The standard InChI is InChI=1S/C47H35N3Si/c1-51(2)43-27-13-12-25-40(43)49(36-22-10-5-11-23-36)42-29-28-38-37-24-14-20-34-21-15-26-41(45(34)37)50(46(38)47(42)51)44-31-35(32-16-6-3-7-17-32)30-39(48-44)33-18-8-4-9-19-33/h3-31H,1-2H3. The minimum Gasteiger partial charge on any atom is -0.311 e. The summed E-state index contributed by atoms with van der Waals surface area (Å²) in [6, 6.07) is 63.9. The molecule has 3 nitrogen and oxygen atoms in total. The molecule has 0 amide bonds. The SMILES string of the molecule is C[Si]1(C)c2ccccc2N(c2ccccc2)c2ccc3c(c21)N(c1cc(-c2ccccc2)cc(-c2ccccc2)n1)c1cccc2cccc-3c12. The number of rotatable bonds is 4. The van der Waals surface area contributed by atoms with E-state index in [9.17, 15) is 0 Å². The van der Waals surface area contributed by atoms with Crippen LogP contribution >= 0.6 is 0 Å². The monoisotopic (exact) mass is 669 g/mol. The van der Waals surface area contributed by atoms with Crippen LogP contribution < -0.4 is 20.2 Å². The van der Waals surface area contributed by atoms with Crippen LogP contribution in [0.1, 0.15) is 0 Å². The average Bonchev–Trinajstić information content (AvgIpc) is 3.19. The third kappa shape index (κ3) is 4.53. The molecule has 51 heavy (non-hydrogen) atoms. The topological polar surface area (TPSA) is 19.4 Å².